The summed E-state index contributed by atoms with van der Waals surface area (Å²) in [6, 6.07) is 16.7. The predicted octanol–water partition coefficient (Wildman–Crippen LogP) is 2.14. The van der Waals surface area contributed by atoms with Crippen LogP contribution in [0.1, 0.15) is 31.3 Å². The number of nitrogens with one attached hydrogen (secondary N) is 2. The second kappa shape index (κ2) is 9.17. The maximum atomic E-state index is 12.9. The molecule has 12 heteroatoms. The zero-order chi connectivity index (χ0) is 24.5. The third-order valence-electron chi connectivity index (χ3n) is 4.91. The molecule has 0 saturated carbocycles. The van der Waals surface area contributed by atoms with E-state index >= 15 is 0 Å². The van der Waals surface area contributed by atoms with Crippen molar-refractivity contribution in [1.29, 1.82) is 0 Å². The fourth-order valence-corrected chi connectivity index (χ4v) is 5.50. The van der Waals surface area contributed by atoms with Gasteiger partial charge in [-0.2, -0.15) is 5.10 Å². The zero-order valence-corrected chi connectivity index (χ0v) is 19.3. The minimum Gasteiger partial charge on any atom is -0.477 e. The Hall–Kier alpha value is -3.87. The summed E-state index contributed by atoms with van der Waals surface area (Å²) in [4.78, 5) is 38.9. The molecule has 0 aliphatic carbocycles. The fourth-order valence-electron chi connectivity index (χ4n) is 3.29. The highest BCUT2D eigenvalue weighted by molar-refractivity contribution is 7.91. The first-order valence-corrected chi connectivity index (χ1v) is 12.2. The van der Waals surface area contributed by atoms with Gasteiger partial charge in [-0.1, -0.05) is 48.5 Å². The van der Waals surface area contributed by atoms with Crippen LogP contribution in [0.3, 0.4) is 0 Å². The van der Waals surface area contributed by atoms with Crippen molar-refractivity contribution in [1.82, 2.24) is 20.0 Å². The summed E-state index contributed by atoms with van der Waals surface area (Å²) in [5, 5.41) is 13.9. The van der Waals surface area contributed by atoms with Gasteiger partial charge >= 0.3 is 5.97 Å². The zero-order valence-electron chi connectivity index (χ0n) is 17.7. The number of nitrogens with zero attached hydrogens (tertiary/aromatic N) is 2. The van der Waals surface area contributed by atoms with Crippen molar-refractivity contribution >= 4 is 44.0 Å². The quantitative estimate of drug-likeness (QED) is 0.331. The maximum Gasteiger partial charge on any atom is 0.346 e. The number of aromatic nitrogens is 2. The molecule has 2 aromatic heterocycles. The number of aryl methyl sites for hydroxylation is 1. The van der Waals surface area contributed by atoms with E-state index in [2.05, 4.69) is 10.5 Å². The molecule has 0 unspecified atom stereocenters. The van der Waals surface area contributed by atoms with Crippen molar-refractivity contribution in [3.63, 3.8) is 0 Å². The van der Waals surface area contributed by atoms with Crippen molar-refractivity contribution in [2.75, 3.05) is 0 Å². The lowest BCUT2D eigenvalue weighted by atomic mass is 10.1. The minimum atomic E-state index is -4.24. The molecule has 0 radical (unpaired) electrons. The number of rotatable bonds is 7. The van der Waals surface area contributed by atoms with E-state index < -0.39 is 27.5 Å². The van der Waals surface area contributed by atoms with Gasteiger partial charge in [-0.15, -0.1) is 16.2 Å². The van der Waals surface area contributed by atoms with Gasteiger partial charge in [-0.3, -0.25) is 15.0 Å². The number of hydrazine groups is 1. The van der Waals surface area contributed by atoms with Crippen LogP contribution in [0.5, 0.6) is 0 Å². The van der Waals surface area contributed by atoms with Crippen LogP contribution in [-0.2, 0) is 16.6 Å². The molecular formula is C22H18N4O6S2. The van der Waals surface area contributed by atoms with Crippen molar-refractivity contribution in [2.45, 2.75) is 17.7 Å². The lowest BCUT2D eigenvalue weighted by Crippen LogP contribution is -2.42. The van der Waals surface area contributed by atoms with Crippen LogP contribution in [0.2, 0.25) is 0 Å². The number of thiophene rings is 1. The molecule has 174 valence electrons. The van der Waals surface area contributed by atoms with Gasteiger partial charge in [0.05, 0.1) is 11.9 Å². The topological polar surface area (TPSA) is 147 Å². The number of fused-ring (bicyclic) bond motifs is 1. The van der Waals surface area contributed by atoms with E-state index in [0.29, 0.717) is 11.3 Å². The summed E-state index contributed by atoms with van der Waals surface area (Å²) in [5.74, 6) is -2.13. The fraction of sp³-hybridized carbons (Fsp3) is 0.0909. The monoisotopic (exact) mass is 498 g/mol. The predicted molar refractivity (Wildman–Crippen MR) is 125 cm³/mol. The number of benzene rings is 2. The molecule has 3 N–H and O–H groups in total. The van der Waals surface area contributed by atoms with Crippen molar-refractivity contribution in [2.24, 2.45) is 0 Å². The van der Waals surface area contributed by atoms with E-state index in [1.807, 2.05) is 35.2 Å². The Labute approximate surface area is 197 Å². The number of sulfonamides is 1. The Morgan fingerprint density at radius 2 is 1.71 bits per heavy atom. The number of carboxylic acids is 1. The van der Waals surface area contributed by atoms with Crippen LogP contribution < -0.4 is 15.8 Å². The summed E-state index contributed by atoms with van der Waals surface area (Å²) in [6.45, 7) is 1.59. The van der Waals surface area contributed by atoms with Gasteiger partial charge in [0.2, 0.25) is 0 Å². The van der Waals surface area contributed by atoms with Gasteiger partial charge in [0.25, 0.3) is 21.5 Å². The van der Waals surface area contributed by atoms with Gasteiger partial charge in [0.15, 0.2) is 5.69 Å². The van der Waals surface area contributed by atoms with Crippen LogP contribution in [0.15, 0.2) is 69.7 Å². The van der Waals surface area contributed by atoms with E-state index in [-0.39, 0.29) is 37.7 Å². The van der Waals surface area contributed by atoms with Crippen LogP contribution in [0.4, 0.5) is 0 Å². The van der Waals surface area contributed by atoms with E-state index in [0.717, 1.165) is 10.2 Å². The van der Waals surface area contributed by atoms with Crippen LogP contribution in [-0.4, -0.2) is 35.2 Å². The molecule has 0 spiro atoms. The first kappa shape index (κ1) is 23.3. The van der Waals surface area contributed by atoms with E-state index in [4.69, 9.17) is 5.11 Å². The normalized spacial score (nSPS) is 11.4. The molecule has 0 aliphatic rings. The lowest BCUT2D eigenvalue weighted by molar-refractivity contribution is 0.0701. The maximum absolute atomic E-state index is 12.9. The van der Waals surface area contributed by atoms with Gasteiger partial charge in [0, 0.05) is 5.39 Å². The summed E-state index contributed by atoms with van der Waals surface area (Å²) in [7, 11) is -4.24. The highest BCUT2D eigenvalue weighted by Crippen LogP contribution is 2.25. The Bertz CT molecular complexity index is 1580. The SMILES string of the molecule is Cc1cc(S(=O)(=O)NNC(=O)c2nn(Cc3ccccc3)c(=O)c3ccccc23)sc1C(=O)O. The standard InChI is InChI=1S/C22H18N4O6S2/c1-13-11-17(33-19(13)22(29)30)34(31,32)25-23-20(27)18-15-9-5-6-10-16(15)21(28)26(24-18)12-14-7-3-2-4-8-14/h2-11,25H,12H2,1H3,(H,23,27)(H,29,30). The van der Waals surface area contributed by atoms with Crippen LogP contribution in [0, 0.1) is 6.92 Å². The molecule has 2 heterocycles. The smallest absolute Gasteiger partial charge is 0.346 e. The third-order valence-corrected chi connectivity index (χ3v) is 7.86. The number of aromatic carboxylic acids is 1. The van der Waals surface area contributed by atoms with Gasteiger partial charge in [-0.25, -0.2) is 17.9 Å². The van der Waals surface area contributed by atoms with E-state index in [9.17, 15) is 22.8 Å². The molecule has 0 fully saturated rings. The largest absolute Gasteiger partial charge is 0.477 e. The van der Waals surface area contributed by atoms with Gasteiger partial charge < -0.3 is 5.11 Å². The average molecular weight is 499 g/mol. The molecule has 0 aliphatic heterocycles. The number of carbonyl (C=O) groups excluding carboxylic acids is 1. The van der Waals surface area contributed by atoms with E-state index in [1.54, 1.807) is 24.3 Å². The first-order valence-electron chi connectivity index (χ1n) is 9.87. The third kappa shape index (κ3) is 4.59. The molecule has 0 saturated heterocycles. The lowest BCUT2D eigenvalue weighted by Gasteiger charge is -2.12. The van der Waals surface area contributed by atoms with Crippen LogP contribution in [0.25, 0.3) is 10.8 Å². The summed E-state index contributed by atoms with van der Waals surface area (Å²) < 4.78 is 26.1. The highest BCUT2D eigenvalue weighted by Gasteiger charge is 2.24. The Morgan fingerprint density at radius 3 is 2.35 bits per heavy atom. The number of hydrogen-bond acceptors (Lipinski definition) is 7. The molecule has 0 bridgehead atoms. The Kier molecular flexibility index (Phi) is 6.28. The molecule has 1 amide bonds. The average Bonchev–Trinajstić information content (AvgIpc) is 3.23. The minimum absolute atomic E-state index is 0.114. The van der Waals surface area contributed by atoms with E-state index in [1.165, 1.54) is 13.0 Å². The highest BCUT2D eigenvalue weighted by atomic mass is 32.2. The van der Waals surface area contributed by atoms with Gasteiger partial charge in [-0.05, 0) is 30.2 Å². The molecule has 10 nitrogen and oxygen atoms in total. The Morgan fingerprint density at radius 1 is 1.06 bits per heavy atom. The van der Waals surface area contributed by atoms with Crippen LogP contribution >= 0.6 is 11.3 Å². The molecule has 2 aromatic carbocycles. The summed E-state index contributed by atoms with van der Waals surface area (Å²) >= 11 is 0.568. The van der Waals surface area contributed by atoms with Gasteiger partial charge in [0.1, 0.15) is 9.09 Å². The molecule has 4 rings (SSSR count). The van der Waals surface area contributed by atoms with Crippen molar-refractivity contribution in [3.8, 4) is 0 Å². The number of carboxylic acid groups (broad SMARTS) is 1. The second-order valence-corrected chi connectivity index (χ2v) is 10.2. The summed E-state index contributed by atoms with van der Waals surface area (Å²) in [5.41, 5.74) is 2.63. The number of hydrogen-bond donors (Lipinski definition) is 3. The second-order valence-electron chi connectivity index (χ2n) is 7.28. The molecular weight excluding hydrogens is 480 g/mol. The molecule has 0 atom stereocenters. The number of amides is 1. The number of carbonyl (C=O) groups is 2. The summed E-state index contributed by atoms with van der Waals surface area (Å²) in [6.07, 6.45) is 0. The molecule has 34 heavy (non-hydrogen) atoms. The van der Waals surface area contributed by atoms with Crippen molar-refractivity contribution in [3.05, 3.63) is 92.7 Å². The Balaban J connectivity index is 1.66. The van der Waals surface area contributed by atoms with Crippen molar-refractivity contribution < 1.29 is 23.1 Å². The molecule has 4 aromatic rings. The first-order chi connectivity index (χ1) is 16.2.